The van der Waals surface area contributed by atoms with E-state index in [0.717, 1.165) is 9.80 Å². The summed E-state index contributed by atoms with van der Waals surface area (Å²) in [4.78, 5) is 54.9. The van der Waals surface area contributed by atoms with E-state index < -0.39 is 23.8 Å². The molecular formula is C19H19N3O5S2. The summed E-state index contributed by atoms with van der Waals surface area (Å²) >= 11 is 6.63. The molecule has 1 atom stereocenters. The predicted octanol–water partition coefficient (Wildman–Crippen LogP) is 1.11. The van der Waals surface area contributed by atoms with Gasteiger partial charge in [-0.3, -0.25) is 29.0 Å². The number of fused-ring (bicyclic) bond motifs is 1. The maximum absolute atomic E-state index is 13.0. The molecule has 0 N–H and O–H groups in total. The number of amides is 4. The van der Waals surface area contributed by atoms with Crippen molar-refractivity contribution in [1.82, 2.24) is 14.7 Å². The Kier molecular flexibility index (Phi) is 5.66. The van der Waals surface area contributed by atoms with Crippen LogP contribution in [0.3, 0.4) is 0 Å². The SMILES string of the molecule is O=C1CCC(N2C(=O)c3ccccc3C2=O)C(=O)N1CSC(=S)N1CCOCC1. The van der Waals surface area contributed by atoms with Crippen LogP contribution < -0.4 is 0 Å². The van der Waals surface area contributed by atoms with Crippen molar-refractivity contribution in [3.05, 3.63) is 35.4 Å². The third-order valence-electron chi connectivity index (χ3n) is 5.21. The van der Waals surface area contributed by atoms with Crippen molar-refractivity contribution in [1.29, 1.82) is 0 Å². The average molecular weight is 434 g/mol. The van der Waals surface area contributed by atoms with Crippen molar-refractivity contribution in [2.45, 2.75) is 18.9 Å². The largest absolute Gasteiger partial charge is 0.378 e. The van der Waals surface area contributed by atoms with Crippen molar-refractivity contribution in [2.24, 2.45) is 0 Å². The van der Waals surface area contributed by atoms with Gasteiger partial charge in [-0.2, -0.15) is 0 Å². The summed E-state index contributed by atoms with van der Waals surface area (Å²) in [6.45, 7) is 2.52. The van der Waals surface area contributed by atoms with Gasteiger partial charge in [-0.05, 0) is 18.6 Å². The molecule has 4 rings (SSSR count). The molecule has 1 aromatic carbocycles. The van der Waals surface area contributed by atoms with Gasteiger partial charge in [-0.15, -0.1) is 0 Å². The molecule has 1 unspecified atom stereocenters. The minimum absolute atomic E-state index is 0.0630. The standard InChI is InChI=1S/C19H19N3O5S2/c23-15-6-5-14(22-16(24)12-3-1-2-4-13(12)17(22)25)18(26)21(15)11-29-19(28)20-7-9-27-10-8-20/h1-4,14H,5-11H2. The maximum Gasteiger partial charge on any atom is 0.262 e. The molecule has 0 aromatic heterocycles. The second-order valence-electron chi connectivity index (χ2n) is 6.88. The number of carbonyl (C=O) groups is 4. The number of benzene rings is 1. The normalized spacial score (nSPS) is 22.3. The lowest BCUT2D eigenvalue weighted by Gasteiger charge is -2.35. The minimum Gasteiger partial charge on any atom is -0.378 e. The number of imide groups is 2. The van der Waals surface area contributed by atoms with E-state index in [9.17, 15) is 19.2 Å². The zero-order valence-electron chi connectivity index (χ0n) is 15.5. The zero-order valence-corrected chi connectivity index (χ0v) is 17.2. The molecule has 0 aliphatic carbocycles. The summed E-state index contributed by atoms with van der Waals surface area (Å²) < 4.78 is 5.89. The van der Waals surface area contributed by atoms with Gasteiger partial charge in [0.2, 0.25) is 5.91 Å². The van der Waals surface area contributed by atoms with E-state index in [1.165, 1.54) is 11.8 Å². The Morgan fingerprint density at radius 3 is 2.31 bits per heavy atom. The summed E-state index contributed by atoms with van der Waals surface area (Å²) in [5.74, 6) is -1.77. The van der Waals surface area contributed by atoms with Crippen LogP contribution >= 0.6 is 24.0 Å². The molecule has 3 aliphatic rings. The number of hydrogen-bond acceptors (Lipinski definition) is 7. The third kappa shape index (κ3) is 3.67. The Morgan fingerprint density at radius 1 is 1.07 bits per heavy atom. The Hall–Kier alpha value is -2.30. The summed E-state index contributed by atoms with van der Waals surface area (Å²) in [6, 6.07) is 5.52. The molecule has 10 heteroatoms. The summed E-state index contributed by atoms with van der Waals surface area (Å²) in [5, 5.41) is 0. The fourth-order valence-electron chi connectivity index (χ4n) is 3.64. The van der Waals surface area contributed by atoms with Crippen LogP contribution in [-0.4, -0.2) is 80.9 Å². The van der Waals surface area contributed by atoms with Crippen LogP contribution in [0.5, 0.6) is 0 Å². The van der Waals surface area contributed by atoms with Crippen LogP contribution in [0.25, 0.3) is 0 Å². The number of nitrogens with zero attached hydrogens (tertiary/aromatic N) is 3. The van der Waals surface area contributed by atoms with Gasteiger partial charge in [0, 0.05) is 19.5 Å². The molecule has 8 nitrogen and oxygen atoms in total. The van der Waals surface area contributed by atoms with Crippen molar-refractivity contribution < 1.29 is 23.9 Å². The van der Waals surface area contributed by atoms with Crippen LogP contribution in [0, 0.1) is 0 Å². The van der Waals surface area contributed by atoms with Gasteiger partial charge in [0.15, 0.2) is 0 Å². The first kappa shape index (κ1) is 20.0. The Bertz CT molecular complexity index is 865. The predicted molar refractivity (Wildman–Crippen MR) is 109 cm³/mol. The average Bonchev–Trinajstić information content (AvgIpc) is 2.99. The molecule has 3 heterocycles. The molecule has 0 bridgehead atoms. The first-order chi connectivity index (χ1) is 14.0. The molecule has 2 saturated heterocycles. The lowest BCUT2D eigenvalue weighted by molar-refractivity contribution is -0.150. The first-order valence-electron chi connectivity index (χ1n) is 9.29. The molecule has 29 heavy (non-hydrogen) atoms. The number of ether oxygens (including phenoxy) is 1. The maximum atomic E-state index is 13.0. The van der Waals surface area contributed by atoms with Crippen LogP contribution in [0.2, 0.25) is 0 Å². The monoisotopic (exact) mass is 433 g/mol. The molecule has 3 aliphatic heterocycles. The van der Waals surface area contributed by atoms with Crippen molar-refractivity contribution in [2.75, 3.05) is 32.2 Å². The highest BCUT2D eigenvalue weighted by molar-refractivity contribution is 8.22. The van der Waals surface area contributed by atoms with Crippen molar-refractivity contribution >= 4 is 51.9 Å². The van der Waals surface area contributed by atoms with Gasteiger partial charge in [-0.25, -0.2) is 0 Å². The number of morpholine rings is 1. The van der Waals surface area contributed by atoms with E-state index in [1.807, 2.05) is 4.90 Å². The van der Waals surface area contributed by atoms with Crippen LogP contribution in [0.15, 0.2) is 24.3 Å². The second kappa shape index (κ2) is 8.21. The van der Waals surface area contributed by atoms with Crippen LogP contribution in [-0.2, 0) is 14.3 Å². The Morgan fingerprint density at radius 2 is 1.69 bits per heavy atom. The van der Waals surface area contributed by atoms with Gasteiger partial charge in [0.1, 0.15) is 10.4 Å². The highest BCUT2D eigenvalue weighted by atomic mass is 32.2. The number of rotatable bonds is 3. The molecule has 152 valence electrons. The van der Waals surface area contributed by atoms with Gasteiger partial charge in [0.05, 0.1) is 30.2 Å². The summed E-state index contributed by atoms with van der Waals surface area (Å²) in [6.07, 6.45) is 0.229. The molecule has 2 fully saturated rings. The first-order valence-corrected chi connectivity index (χ1v) is 10.7. The smallest absolute Gasteiger partial charge is 0.262 e. The van der Waals surface area contributed by atoms with Crippen molar-refractivity contribution in [3.8, 4) is 0 Å². The van der Waals surface area contributed by atoms with Crippen LogP contribution in [0.1, 0.15) is 33.6 Å². The fraction of sp³-hybridized carbons (Fsp3) is 0.421. The van der Waals surface area contributed by atoms with Gasteiger partial charge < -0.3 is 9.64 Å². The topological polar surface area (TPSA) is 87.2 Å². The number of piperidine rings is 1. The van der Waals surface area contributed by atoms with Gasteiger partial charge in [-0.1, -0.05) is 36.1 Å². The zero-order chi connectivity index (χ0) is 20.5. The van der Waals surface area contributed by atoms with Gasteiger partial charge in [0.25, 0.3) is 17.7 Å². The van der Waals surface area contributed by atoms with E-state index >= 15 is 0 Å². The minimum atomic E-state index is -0.974. The third-order valence-corrected chi connectivity index (χ3v) is 6.71. The number of likely N-dealkylation sites (tertiary alicyclic amines) is 1. The number of hydrogen-bond donors (Lipinski definition) is 0. The summed E-state index contributed by atoms with van der Waals surface area (Å²) in [7, 11) is 0. The van der Waals surface area contributed by atoms with E-state index in [0.29, 0.717) is 30.6 Å². The van der Waals surface area contributed by atoms with Crippen molar-refractivity contribution in [3.63, 3.8) is 0 Å². The lowest BCUT2D eigenvalue weighted by Crippen LogP contribution is -2.56. The highest BCUT2D eigenvalue weighted by Crippen LogP contribution is 2.29. The molecule has 1 aromatic rings. The fourth-order valence-corrected chi connectivity index (χ4v) is 4.86. The van der Waals surface area contributed by atoms with Crippen LogP contribution in [0.4, 0.5) is 0 Å². The number of thioether (sulfide) groups is 1. The van der Waals surface area contributed by atoms with E-state index in [-0.39, 0.29) is 35.8 Å². The van der Waals surface area contributed by atoms with E-state index in [1.54, 1.807) is 24.3 Å². The molecular weight excluding hydrogens is 414 g/mol. The molecule has 4 amide bonds. The van der Waals surface area contributed by atoms with E-state index in [2.05, 4.69) is 0 Å². The lowest BCUT2D eigenvalue weighted by atomic mass is 10.0. The quantitative estimate of drug-likeness (QED) is 0.518. The van der Waals surface area contributed by atoms with Gasteiger partial charge >= 0.3 is 0 Å². The molecule has 0 spiro atoms. The van der Waals surface area contributed by atoms with E-state index in [4.69, 9.17) is 17.0 Å². The Labute approximate surface area is 177 Å². The Balaban J connectivity index is 1.46. The highest BCUT2D eigenvalue weighted by Gasteiger charge is 2.46. The number of thiocarbonyl (C=S) groups is 1. The molecule has 0 saturated carbocycles. The summed E-state index contributed by atoms with van der Waals surface area (Å²) in [5.41, 5.74) is 0.577. The number of carbonyl (C=O) groups excluding carboxylic acids is 4. The molecule has 0 radical (unpaired) electrons. The second-order valence-corrected chi connectivity index (χ2v) is 8.46.